The minimum absolute atomic E-state index is 0.0566. The summed E-state index contributed by atoms with van der Waals surface area (Å²) in [5, 5.41) is 8.97. The van der Waals surface area contributed by atoms with Gasteiger partial charge in [-0.25, -0.2) is 0 Å². The average molecular weight is 285 g/mol. The fourth-order valence-electron chi connectivity index (χ4n) is 2.77. The Morgan fingerprint density at radius 3 is 2.50 bits per heavy atom. The van der Waals surface area contributed by atoms with Gasteiger partial charge in [-0.2, -0.15) is 0 Å². The molecule has 0 aliphatic heterocycles. The third-order valence-electron chi connectivity index (χ3n) is 3.95. The maximum Gasteiger partial charge on any atom is 0.310 e. The number of amides is 1. The van der Waals surface area contributed by atoms with Crippen LogP contribution in [0.4, 0.5) is 0 Å². The Balaban J connectivity index is 2.61. The van der Waals surface area contributed by atoms with Gasteiger partial charge in [0.05, 0.1) is 13.0 Å². The van der Waals surface area contributed by atoms with Crippen molar-refractivity contribution in [3.63, 3.8) is 0 Å². The number of hydrogen-bond donors (Lipinski definition) is 1. The molecule has 0 aromatic heterocycles. The van der Waals surface area contributed by atoms with Gasteiger partial charge in [0.2, 0.25) is 5.91 Å². The molecule has 116 valence electrons. The summed E-state index contributed by atoms with van der Waals surface area (Å²) in [7, 11) is 1.36. The highest BCUT2D eigenvalue weighted by atomic mass is 16.5. The summed E-state index contributed by atoms with van der Waals surface area (Å²) in [5.74, 6) is -0.400. The standard InChI is InChI=1S/C15H27NO4/c1-12(15(19)20-2)11-16(9-6-10-17)14(18)13-7-4-3-5-8-13/h12-13,17H,3-11H2,1-2H3. The van der Waals surface area contributed by atoms with Crippen LogP contribution in [-0.4, -0.2) is 48.7 Å². The zero-order chi connectivity index (χ0) is 15.0. The lowest BCUT2D eigenvalue weighted by Crippen LogP contribution is -2.42. The molecule has 1 atom stereocenters. The number of nitrogens with zero attached hydrogens (tertiary/aromatic N) is 1. The number of ether oxygens (including phenoxy) is 1. The van der Waals surface area contributed by atoms with Crippen LogP contribution < -0.4 is 0 Å². The summed E-state index contributed by atoms with van der Waals surface area (Å²) in [6, 6.07) is 0. The fraction of sp³-hybridized carbons (Fsp3) is 0.867. The molecular weight excluding hydrogens is 258 g/mol. The molecule has 1 amide bonds. The smallest absolute Gasteiger partial charge is 0.310 e. The first-order valence-corrected chi connectivity index (χ1v) is 7.57. The van der Waals surface area contributed by atoms with Crippen molar-refractivity contribution >= 4 is 11.9 Å². The zero-order valence-corrected chi connectivity index (χ0v) is 12.6. The average Bonchev–Trinajstić information content (AvgIpc) is 2.50. The molecule has 1 aliphatic carbocycles. The Morgan fingerprint density at radius 2 is 1.95 bits per heavy atom. The van der Waals surface area contributed by atoms with Crippen LogP contribution in [0.1, 0.15) is 45.4 Å². The first kappa shape index (κ1) is 17.0. The van der Waals surface area contributed by atoms with Gasteiger partial charge in [0.1, 0.15) is 0 Å². The molecule has 20 heavy (non-hydrogen) atoms. The highest BCUT2D eigenvalue weighted by Crippen LogP contribution is 2.25. The third kappa shape index (κ3) is 5.12. The minimum Gasteiger partial charge on any atom is -0.469 e. The van der Waals surface area contributed by atoms with Gasteiger partial charge < -0.3 is 14.7 Å². The molecule has 0 heterocycles. The Morgan fingerprint density at radius 1 is 1.30 bits per heavy atom. The van der Waals surface area contributed by atoms with Gasteiger partial charge in [0, 0.05) is 25.6 Å². The van der Waals surface area contributed by atoms with Crippen molar-refractivity contribution in [3.8, 4) is 0 Å². The van der Waals surface area contributed by atoms with Crippen molar-refractivity contribution in [1.82, 2.24) is 4.90 Å². The maximum atomic E-state index is 12.5. The Kier molecular flexibility index (Phi) is 7.59. The van der Waals surface area contributed by atoms with Crippen LogP contribution in [0.5, 0.6) is 0 Å². The lowest BCUT2D eigenvalue weighted by molar-refractivity contribution is -0.147. The summed E-state index contributed by atoms with van der Waals surface area (Å²) in [4.78, 5) is 25.8. The number of aliphatic hydroxyl groups is 1. The van der Waals surface area contributed by atoms with Gasteiger partial charge in [-0.15, -0.1) is 0 Å². The number of carbonyl (C=O) groups excluding carboxylic acids is 2. The van der Waals surface area contributed by atoms with Crippen molar-refractivity contribution in [2.24, 2.45) is 11.8 Å². The lowest BCUT2D eigenvalue weighted by Gasteiger charge is -2.30. The molecule has 1 saturated carbocycles. The van der Waals surface area contributed by atoms with Gasteiger partial charge in [-0.3, -0.25) is 9.59 Å². The molecule has 5 heteroatoms. The monoisotopic (exact) mass is 285 g/mol. The highest BCUT2D eigenvalue weighted by molar-refractivity contribution is 5.80. The number of aliphatic hydroxyl groups excluding tert-OH is 1. The molecule has 0 radical (unpaired) electrons. The first-order valence-electron chi connectivity index (χ1n) is 7.57. The Hall–Kier alpha value is -1.10. The van der Waals surface area contributed by atoms with E-state index in [0.29, 0.717) is 19.5 Å². The van der Waals surface area contributed by atoms with Crippen LogP contribution in [-0.2, 0) is 14.3 Å². The van der Waals surface area contributed by atoms with Gasteiger partial charge in [0.15, 0.2) is 0 Å². The number of carbonyl (C=O) groups is 2. The van der Waals surface area contributed by atoms with Crippen molar-refractivity contribution in [3.05, 3.63) is 0 Å². The number of rotatable bonds is 7. The van der Waals surface area contributed by atoms with Crippen LogP contribution in [0.25, 0.3) is 0 Å². The second-order valence-corrected chi connectivity index (χ2v) is 5.62. The van der Waals surface area contributed by atoms with Gasteiger partial charge in [0.25, 0.3) is 0 Å². The van der Waals surface area contributed by atoms with Crippen LogP contribution in [0.3, 0.4) is 0 Å². The third-order valence-corrected chi connectivity index (χ3v) is 3.95. The quantitative estimate of drug-likeness (QED) is 0.721. The minimum atomic E-state index is -0.328. The van der Waals surface area contributed by atoms with E-state index in [2.05, 4.69) is 0 Å². The van der Waals surface area contributed by atoms with Gasteiger partial charge >= 0.3 is 5.97 Å². The van der Waals surface area contributed by atoms with E-state index in [1.54, 1.807) is 11.8 Å². The van der Waals surface area contributed by atoms with E-state index in [9.17, 15) is 9.59 Å². The second-order valence-electron chi connectivity index (χ2n) is 5.62. The van der Waals surface area contributed by atoms with E-state index in [1.165, 1.54) is 13.5 Å². The number of methoxy groups -OCH3 is 1. The summed E-state index contributed by atoms with van der Waals surface area (Å²) >= 11 is 0. The molecule has 1 aliphatic rings. The van der Waals surface area contributed by atoms with Crippen molar-refractivity contribution in [2.75, 3.05) is 26.8 Å². The normalized spacial score (nSPS) is 17.6. The maximum absolute atomic E-state index is 12.5. The van der Waals surface area contributed by atoms with Crippen molar-refractivity contribution in [2.45, 2.75) is 45.4 Å². The predicted octanol–water partition coefficient (Wildman–Crippen LogP) is 1.59. The molecule has 0 bridgehead atoms. The van der Waals surface area contributed by atoms with Crippen molar-refractivity contribution in [1.29, 1.82) is 0 Å². The Labute approximate surface area is 121 Å². The SMILES string of the molecule is COC(=O)C(C)CN(CCCO)C(=O)C1CCCCC1. The van der Waals surface area contributed by atoms with Gasteiger partial charge in [-0.05, 0) is 19.3 Å². The molecule has 1 unspecified atom stereocenters. The summed E-state index contributed by atoms with van der Waals surface area (Å²) in [6.45, 7) is 2.71. The summed E-state index contributed by atoms with van der Waals surface area (Å²) in [6.07, 6.45) is 5.86. The van der Waals surface area contributed by atoms with E-state index < -0.39 is 0 Å². The van der Waals surface area contributed by atoms with E-state index in [0.717, 1.165) is 25.7 Å². The molecule has 1 N–H and O–H groups in total. The summed E-state index contributed by atoms with van der Waals surface area (Å²) < 4.78 is 4.72. The van der Waals surface area contributed by atoms with Crippen LogP contribution in [0.15, 0.2) is 0 Å². The molecular formula is C15H27NO4. The van der Waals surface area contributed by atoms with E-state index in [1.807, 2.05) is 0 Å². The van der Waals surface area contributed by atoms with Gasteiger partial charge in [-0.1, -0.05) is 26.2 Å². The van der Waals surface area contributed by atoms with E-state index in [4.69, 9.17) is 9.84 Å². The molecule has 0 aromatic carbocycles. The van der Waals surface area contributed by atoms with Crippen LogP contribution in [0.2, 0.25) is 0 Å². The topological polar surface area (TPSA) is 66.8 Å². The van der Waals surface area contributed by atoms with Crippen LogP contribution in [0, 0.1) is 11.8 Å². The molecule has 1 fully saturated rings. The molecule has 0 saturated heterocycles. The first-order chi connectivity index (χ1) is 9.60. The highest BCUT2D eigenvalue weighted by Gasteiger charge is 2.28. The van der Waals surface area contributed by atoms with E-state index >= 15 is 0 Å². The van der Waals surface area contributed by atoms with Crippen LogP contribution >= 0.6 is 0 Å². The summed E-state index contributed by atoms with van der Waals surface area (Å²) in [5.41, 5.74) is 0. The zero-order valence-electron chi connectivity index (χ0n) is 12.6. The molecule has 0 aromatic rings. The predicted molar refractivity (Wildman–Crippen MR) is 76.0 cm³/mol. The van der Waals surface area contributed by atoms with E-state index in [-0.39, 0.29) is 30.3 Å². The number of hydrogen-bond acceptors (Lipinski definition) is 4. The largest absolute Gasteiger partial charge is 0.469 e. The fourth-order valence-corrected chi connectivity index (χ4v) is 2.77. The molecule has 0 spiro atoms. The lowest BCUT2D eigenvalue weighted by atomic mass is 9.88. The molecule has 1 rings (SSSR count). The Bertz CT molecular complexity index is 313. The molecule has 5 nitrogen and oxygen atoms in total. The van der Waals surface area contributed by atoms with Crippen molar-refractivity contribution < 1.29 is 19.4 Å². The second kappa shape index (κ2) is 8.95. The number of esters is 1.